The van der Waals surface area contributed by atoms with Crippen molar-refractivity contribution in [1.29, 1.82) is 0 Å². The highest BCUT2D eigenvalue weighted by Crippen LogP contribution is 2.37. The predicted octanol–water partition coefficient (Wildman–Crippen LogP) is 4.73. The van der Waals surface area contributed by atoms with E-state index < -0.39 is 17.5 Å². The minimum Gasteiger partial charge on any atom is -0.381 e. The maximum Gasteiger partial charge on any atom is 0.173 e. The molecule has 0 saturated heterocycles. The number of rotatable bonds is 3. The molecule has 0 saturated carbocycles. The average Bonchev–Trinajstić information content (AvgIpc) is 3.50. The molecule has 0 atom stereocenters. The van der Waals surface area contributed by atoms with E-state index in [9.17, 15) is 13.2 Å². The summed E-state index contributed by atoms with van der Waals surface area (Å²) in [6.45, 7) is 1.73. The van der Waals surface area contributed by atoms with Crippen LogP contribution in [0.2, 0.25) is 0 Å². The smallest absolute Gasteiger partial charge is 0.173 e. The van der Waals surface area contributed by atoms with Crippen molar-refractivity contribution < 1.29 is 13.2 Å². The molecule has 6 rings (SSSR count). The summed E-state index contributed by atoms with van der Waals surface area (Å²) in [5.74, 6) is -1.32. The normalized spacial score (nSPS) is 11.5. The number of H-pyrrole nitrogens is 1. The Balaban J connectivity index is 1.75. The van der Waals surface area contributed by atoms with Crippen LogP contribution in [0.4, 0.5) is 19.0 Å². The van der Waals surface area contributed by atoms with E-state index in [4.69, 9.17) is 5.73 Å². The lowest BCUT2D eigenvalue weighted by Crippen LogP contribution is -2.02. The van der Waals surface area contributed by atoms with Crippen LogP contribution in [-0.2, 0) is 0 Å². The maximum atomic E-state index is 15.0. The van der Waals surface area contributed by atoms with Crippen molar-refractivity contribution in [3.05, 3.63) is 78.4 Å². The van der Waals surface area contributed by atoms with Gasteiger partial charge in [-0.15, -0.1) is 0 Å². The van der Waals surface area contributed by atoms with Gasteiger partial charge in [0.15, 0.2) is 17.5 Å². The van der Waals surface area contributed by atoms with Crippen LogP contribution in [0.25, 0.3) is 50.1 Å². The number of anilines is 1. The van der Waals surface area contributed by atoms with Crippen LogP contribution in [0.1, 0.15) is 5.82 Å². The Hall–Kier alpha value is -4.80. The van der Waals surface area contributed by atoms with Gasteiger partial charge >= 0.3 is 0 Å². The lowest BCUT2D eigenvalue weighted by atomic mass is 10.0. The summed E-state index contributed by atoms with van der Waals surface area (Å²) < 4.78 is 46.1. The van der Waals surface area contributed by atoms with Crippen LogP contribution in [-0.4, -0.2) is 34.7 Å². The first-order valence-electron chi connectivity index (χ1n) is 10.5. The number of hydrogen-bond donors (Lipinski definition) is 2. The summed E-state index contributed by atoms with van der Waals surface area (Å²) in [6.07, 6.45) is 4.15. The van der Waals surface area contributed by atoms with Crippen LogP contribution in [0.5, 0.6) is 0 Å². The highest BCUT2D eigenvalue weighted by atomic mass is 19.1. The number of hydrogen-bond acceptors (Lipinski definition) is 6. The van der Waals surface area contributed by atoms with Crippen LogP contribution in [0, 0.1) is 24.4 Å². The Bertz CT molecular complexity index is 1760. The van der Waals surface area contributed by atoms with Gasteiger partial charge in [-0.3, -0.25) is 14.6 Å². The SMILES string of the molecule is Cc1nc2c(-c3ncn[nH]3)cc(-c3ccnc(N)c3F)cc2n1-c1ccnc2c(F)ccc(F)c12. The van der Waals surface area contributed by atoms with Crippen molar-refractivity contribution in [2.75, 3.05) is 5.73 Å². The molecule has 0 aliphatic heterocycles. The van der Waals surface area contributed by atoms with Gasteiger partial charge in [0.2, 0.25) is 0 Å². The highest BCUT2D eigenvalue weighted by molar-refractivity contribution is 5.98. The molecule has 0 aliphatic rings. The molecular formula is C24H15F3N8. The third-order valence-corrected chi connectivity index (χ3v) is 5.84. The molecule has 8 nitrogen and oxygen atoms in total. The average molecular weight is 472 g/mol. The summed E-state index contributed by atoms with van der Waals surface area (Å²) in [5, 5.41) is 6.72. The first kappa shape index (κ1) is 20.8. The second-order valence-electron chi connectivity index (χ2n) is 7.86. The highest BCUT2D eigenvalue weighted by Gasteiger charge is 2.22. The number of fused-ring (bicyclic) bond motifs is 2. The van der Waals surface area contributed by atoms with Gasteiger partial charge in [-0.2, -0.15) is 5.10 Å². The Morgan fingerprint density at radius 3 is 2.49 bits per heavy atom. The van der Waals surface area contributed by atoms with Gasteiger partial charge in [0.25, 0.3) is 0 Å². The fourth-order valence-electron chi connectivity index (χ4n) is 4.31. The van der Waals surface area contributed by atoms with Gasteiger partial charge in [-0.1, -0.05) is 0 Å². The summed E-state index contributed by atoms with van der Waals surface area (Å²) >= 11 is 0. The first-order chi connectivity index (χ1) is 16.9. The number of nitrogen functional groups attached to an aromatic ring is 1. The number of pyridine rings is 2. The molecular weight excluding hydrogens is 457 g/mol. The zero-order chi connectivity index (χ0) is 24.3. The third-order valence-electron chi connectivity index (χ3n) is 5.84. The number of nitrogens with zero attached hydrogens (tertiary/aromatic N) is 6. The van der Waals surface area contributed by atoms with Crippen LogP contribution < -0.4 is 5.73 Å². The molecule has 0 fully saturated rings. The Morgan fingerprint density at radius 2 is 1.69 bits per heavy atom. The summed E-state index contributed by atoms with van der Waals surface area (Å²) in [4.78, 5) is 16.7. The minimum absolute atomic E-state index is 0.000791. The van der Waals surface area contributed by atoms with Gasteiger partial charge in [-0.25, -0.2) is 28.1 Å². The van der Waals surface area contributed by atoms with Crippen molar-refractivity contribution in [3.63, 3.8) is 0 Å². The standard InChI is InChI=1S/C24H15F3N8/c1-11-33-21-14(24-31-10-32-34-24)8-12(13-4-6-30-23(28)20(13)27)9-18(21)35(11)17-5-7-29-22-16(26)3-2-15(25)19(17)22/h2-10H,1H3,(H2,28,30)(H,31,32,34). The lowest BCUT2D eigenvalue weighted by molar-refractivity contribution is 0.615. The monoisotopic (exact) mass is 472 g/mol. The van der Waals surface area contributed by atoms with Gasteiger partial charge in [-0.05, 0) is 48.9 Å². The number of benzene rings is 2. The maximum absolute atomic E-state index is 15.0. The molecule has 35 heavy (non-hydrogen) atoms. The summed E-state index contributed by atoms with van der Waals surface area (Å²) in [7, 11) is 0. The van der Waals surface area contributed by atoms with E-state index in [1.54, 1.807) is 29.7 Å². The number of aryl methyl sites for hydroxylation is 1. The quantitative estimate of drug-likeness (QED) is 0.385. The van der Waals surface area contributed by atoms with Crippen LogP contribution >= 0.6 is 0 Å². The van der Waals surface area contributed by atoms with Gasteiger partial charge in [0.1, 0.15) is 34.8 Å². The topological polar surface area (TPSA) is 111 Å². The molecule has 3 N–H and O–H groups in total. The minimum atomic E-state index is -0.680. The van der Waals surface area contributed by atoms with Crippen LogP contribution in [0.3, 0.4) is 0 Å². The molecule has 0 amide bonds. The zero-order valence-electron chi connectivity index (χ0n) is 18.1. The fraction of sp³-hybridized carbons (Fsp3) is 0.0417. The van der Waals surface area contributed by atoms with Crippen molar-refractivity contribution in [3.8, 4) is 28.2 Å². The molecule has 0 radical (unpaired) electrons. The Kier molecular flexibility index (Phi) is 4.53. The van der Waals surface area contributed by atoms with Crippen molar-refractivity contribution in [1.82, 2.24) is 34.7 Å². The molecule has 0 bridgehead atoms. The molecule has 0 unspecified atom stereocenters. The number of nitrogens with one attached hydrogen (secondary N) is 1. The Morgan fingerprint density at radius 1 is 0.886 bits per heavy atom. The largest absolute Gasteiger partial charge is 0.381 e. The van der Waals surface area contributed by atoms with Gasteiger partial charge < -0.3 is 5.73 Å². The summed E-state index contributed by atoms with van der Waals surface area (Å²) in [6, 6.07) is 8.58. The van der Waals surface area contributed by atoms with Crippen LogP contribution in [0.15, 0.2) is 55.1 Å². The van der Waals surface area contributed by atoms with Crippen molar-refractivity contribution >= 4 is 27.8 Å². The molecule has 0 aliphatic carbocycles. The second kappa shape index (κ2) is 7.62. The predicted molar refractivity (Wildman–Crippen MR) is 124 cm³/mol. The number of imidazole rings is 1. The van der Waals surface area contributed by atoms with E-state index >= 15 is 0 Å². The Labute approximate surface area is 195 Å². The lowest BCUT2D eigenvalue weighted by Gasteiger charge is -2.13. The second-order valence-corrected chi connectivity index (χ2v) is 7.86. The summed E-state index contributed by atoms with van der Waals surface area (Å²) in [5.41, 5.74) is 8.16. The van der Waals surface area contributed by atoms with E-state index in [1.807, 2.05) is 0 Å². The van der Waals surface area contributed by atoms with E-state index in [-0.39, 0.29) is 22.3 Å². The molecule has 2 aromatic carbocycles. The zero-order valence-corrected chi connectivity index (χ0v) is 18.1. The molecule has 4 heterocycles. The van der Waals surface area contributed by atoms with Crippen molar-refractivity contribution in [2.45, 2.75) is 6.92 Å². The number of nitrogens with two attached hydrogens (primary N) is 1. The fourth-order valence-corrected chi connectivity index (χ4v) is 4.31. The van der Waals surface area contributed by atoms with E-state index in [0.717, 1.165) is 12.1 Å². The molecule has 4 aromatic heterocycles. The van der Waals surface area contributed by atoms with Crippen molar-refractivity contribution in [2.24, 2.45) is 0 Å². The third kappa shape index (κ3) is 3.12. The first-order valence-corrected chi connectivity index (χ1v) is 10.5. The molecule has 11 heteroatoms. The molecule has 0 spiro atoms. The van der Waals surface area contributed by atoms with Gasteiger partial charge in [0.05, 0.1) is 16.6 Å². The van der Waals surface area contributed by atoms with E-state index in [0.29, 0.717) is 39.5 Å². The molecule has 172 valence electrons. The van der Waals surface area contributed by atoms with Gasteiger partial charge in [0, 0.05) is 23.5 Å². The number of aromatic amines is 1. The number of aromatic nitrogens is 7. The number of halogens is 3. The molecule has 6 aromatic rings. The van der Waals surface area contributed by atoms with E-state index in [1.165, 1.54) is 24.8 Å². The van der Waals surface area contributed by atoms with E-state index in [2.05, 4.69) is 30.1 Å².